The van der Waals surface area contributed by atoms with Crippen LogP contribution in [0.15, 0.2) is 48.8 Å². The molecule has 1 amide bonds. The third-order valence-corrected chi connectivity index (χ3v) is 3.25. The molecule has 0 unspecified atom stereocenters. The van der Waals surface area contributed by atoms with Gasteiger partial charge in [0.25, 0.3) is 0 Å². The van der Waals surface area contributed by atoms with E-state index in [9.17, 15) is 4.79 Å². The number of amides is 1. The van der Waals surface area contributed by atoms with Gasteiger partial charge < -0.3 is 10.6 Å². The van der Waals surface area contributed by atoms with Crippen LogP contribution in [0.5, 0.6) is 0 Å². The van der Waals surface area contributed by atoms with Gasteiger partial charge in [0.05, 0.1) is 6.54 Å². The van der Waals surface area contributed by atoms with E-state index in [2.05, 4.69) is 15.6 Å². The van der Waals surface area contributed by atoms with Crippen molar-refractivity contribution in [3.8, 4) is 0 Å². The van der Waals surface area contributed by atoms with Gasteiger partial charge in [-0.1, -0.05) is 29.8 Å². The van der Waals surface area contributed by atoms with Crippen molar-refractivity contribution in [2.45, 2.75) is 13.0 Å². The van der Waals surface area contributed by atoms with Crippen LogP contribution in [-0.2, 0) is 17.8 Å². The van der Waals surface area contributed by atoms with Gasteiger partial charge in [0, 0.05) is 24.0 Å². The lowest BCUT2D eigenvalue weighted by Gasteiger charge is -2.07. The predicted molar refractivity (Wildman–Crippen MR) is 84.1 cm³/mol. The van der Waals surface area contributed by atoms with Crippen molar-refractivity contribution in [3.63, 3.8) is 0 Å². The van der Waals surface area contributed by atoms with Crippen LogP contribution < -0.4 is 10.6 Å². The molecule has 0 aliphatic rings. The van der Waals surface area contributed by atoms with Crippen LogP contribution in [0.1, 0.15) is 11.1 Å². The Labute approximate surface area is 129 Å². The molecule has 0 radical (unpaired) electrons. The fourth-order valence-corrected chi connectivity index (χ4v) is 1.98. The Bertz CT molecular complexity index is 557. The summed E-state index contributed by atoms with van der Waals surface area (Å²) in [5.74, 6) is -0.0186. The molecule has 110 valence electrons. The Hall–Kier alpha value is -1.91. The first-order valence-electron chi connectivity index (χ1n) is 6.85. The summed E-state index contributed by atoms with van der Waals surface area (Å²) in [5, 5.41) is 6.71. The van der Waals surface area contributed by atoms with Crippen molar-refractivity contribution in [3.05, 3.63) is 64.9 Å². The normalized spacial score (nSPS) is 10.3. The molecule has 5 heteroatoms. The quantitative estimate of drug-likeness (QED) is 0.771. The molecular weight excluding hydrogens is 286 g/mol. The minimum absolute atomic E-state index is 0.0186. The minimum Gasteiger partial charge on any atom is -0.351 e. The fraction of sp³-hybridized carbons (Fsp3) is 0.250. The number of aromatic nitrogens is 1. The number of rotatable bonds is 7. The largest absolute Gasteiger partial charge is 0.351 e. The highest BCUT2D eigenvalue weighted by Crippen LogP contribution is 2.09. The summed E-state index contributed by atoms with van der Waals surface area (Å²) in [6.45, 7) is 1.57. The van der Waals surface area contributed by atoms with E-state index in [-0.39, 0.29) is 5.91 Å². The van der Waals surface area contributed by atoms with E-state index in [1.54, 1.807) is 12.4 Å². The lowest BCUT2D eigenvalue weighted by atomic mass is 10.1. The predicted octanol–water partition coefficient (Wildman–Crippen LogP) is 2.18. The lowest BCUT2D eigenvalue weighted by Crippen LogP contribution is -2.34. The number of carbonyl (C=O) groups excluding carboxylic acids is 1. The fourth-order valence-electron chi connectivity index (χ4n) is 1.85. The van der Waals surface area contributed by atoms with E-state index in [4.69, 9.17) is 11.6 Å². The second kappa shape index (κ2) is 8.39. The molecule has 1 heterocycles. The zero-order valence-electron chi connectivity index (χ0n) is 11.7. The summed E-state index contributed by atoms with van der Waals surface area (Å²) in [5.41, 5.74) is 2.19. The van der Waals surface area contributed by atoms with Crippen LogP contribution in [0.2, 0.25) is 5.02 Å². The smallest absolute Gasteiger partial charge is 0.234 e. The maximum absolute atomic E-state index is 11.7. The molecule has 1 aromatic carbocycles. The van der Waals surface area contributed by atoms with Crippen molar-refractivity contribution in [2.75, 3.05) is 13.1 Å². The van der Waals surface area contributed by atoms with Gasteiger partial charge in [0.2, 0.25) is 5.91 Å². The third-order valence-electron chi connectivity index (χ3n) is 3.00. The first-order chi connectivity index (χ1) is 10.2. The topological polar surface area (TPSA) is 54.0 Å². The van der Waals surface area contributed by atoms with Crippen molar-refractivity contribution in [1.82, 2.24) is 15.6 Å². The van der Waals surface area contributed by atoms with Gasteiger partial charge in [-0.3, -0.25) is 9.78 Å². The van der Waals surface area contributed by atoms with Crippen LogP contribution in [-0.4, -0.2) is 24.0 Å². The molecule has 0 atom stereocenters. The first-order valence-corrected chi connectivity index (χ1v) is 7.22. The second-order valence-electron chi connectivity index (χ2n) is 4.69. The molecule has 0 aliphatic heterocycles. The lowest BCUT2D eigenvalue weighted by molar-refractivity contribution is -0.120. The average molecular weight is 304 g/mol. The number of hydrogen-bond donors (Lipinski definition) is 2. The van der Waals surface area contributed by atoms with Crippen LogP contribution >= 0.6 is 11.6 Å². The summed E-state index contributed by atoms with van der Waals surface area (Å²) in [6.07, 6.45) is 4.32. The molecule has 0 saturated heterocycles. The van der Waals surface area contributed by atoms with E-state index >= 15 is 0 Å². The van der Waals surface area contributed by atoms with Gasteiger partial charge >= 0.3 is 0 Å². The molecule has 2 aromatic rings. The number of halogens is 1. The van der Waals surface area contributed by atoms with Gasteiger partial charge in [-0.2, -0.15) is 0 Å². The van der Waals surface area contributed by atoms with Crippen molar-refractivity contribution in [2.24, 2.45) is 0 Å². The van der Waals surface area contributed by atoms with Crippen molar-refractivity contribution in [1.29, 1.82) is 0 Å². The molecule has 0 spiro atoms. The molecule has 2 N–H and O–H groups in total. The number of carbonyl (C=O) groups is 1. The molecule has 0 fully saturated rings. The second-order valence-corrected chi connectivity index (χ2v) is 5.13. The molecule has 0 saturated carbocycles. The Morgan fingerprint density at radius 3 is 2.67 bits per heavy atom. The van der Waals surface area contributed by atoms with Gasteiger partial charge in [-0.05, 0) is 42.3 Å². The average Bonchev–Trinajstić information content (AvgIpc) is 2.52. The summed E-state index contributed by atoms with van der Waals surface area (Å²) < 4.78 is 0. The monoisotopic (exact) mass is 303 g/mol. The van der Waals surface area contributed by atoms with E-state index in [1.807, 2.05) is 36.4 Å². The Kier molecular flexibility index (Phi) is 6.19. The maximum atomic E-state index is 11.7. The van der Waals surface area contributed by atoms with Crippen molar-refractivity contribution >= 4 is 17.5 Å². The molecule has 2 rings (SSSR count). The van der Waals surface area contributed by atoms with Gasteiger partial charge in [-0.25, -0.2) is 0 Å². The van der Waals surface area contributed by atoms with Crippen LogP contribution in [0.25, 0.3) is 0 Å². The SMILES string of the molecule is O=C(CNCCc1ccc(Cl)cc1)NCc1cccnc1. The zero-order valence-corrected chi connectivity index (χ0v) is 12.4. The Balaban J connectivity index is 1.60. The molecule has 0 bridgehead atoms. The van der Waals surface area contributed by atoms with Gasteiger partial charge in [-0.15, -0.1) is 0 Å². The highest BCUT2D eigenvalue weighted by Gasteiger charge is 2.01. The molecule has 4 nitrogen and oxygen atoms in total. The summed E-state index contributed by atoms with van der Waals surface area (Å²) in [6, 6.07) is 11.5. The number of benzene rings is 1. The van der Waals surface area contributed by atoms with Gasteiger partial charge in [0.1, 0.15) is 0 Å². The molecular formula is C16H18ClN3O. The summed E-state index contributed by atoms with van der Waals surface area (Å²) in [7, 11) is 0. The van der Waals surface area contributed by atoms with Crippen LogP contribution in [0, 0.1) is 0 Å². The highest BCUT2D eigenvalue weighted by molar-refractivity contribution is 6.30. The minimum atomic E-state index is -0.0186. The standard InChI is InChI=1S/C16H18ClN3O/c17-15-5-3-13(4-6-15)7-9-19-12-16(21)20-11-14-2-1-8-18-10-14/h1-6,8,10,19H,7,9,11-12H2,(H,20,21). The zero-order chi connectivity index (χ0) is 14.9. The molecule has 1 aromatic heterocycles. The first kappa shape index (κ1) is 15.5. The van der Waals surface area contributed by atoms with E-state index in [0.29, 0.717) is 13.1 Å². The number of nitrogens with one attached hydrogen (secondary N) is 2. The Morgan fingerprint density at radius 2 is 1.95 bits per heavy atom. The highest BCUT2D eigenvalue weighted by atomic mass is 35.5. The molecule has 21 heavy (non-hydrogen) atoms. The van der Waals surface area contributed by atoms with Crippen LogP contribution in [0.3, 0.4) is 0 Å². The number of hydrogen-bond acceptors (Lipinski definition) is 3. The van der Waals surface area contributed by atoms with Crippen molar-refractivity contribution < 1.29 is 4.79 Å². The number of nitrogens with zero attached hydrogens (tertiary/aromatic N) is 1. The molecule has 0 aliphatic carbocycles. The van der Waals surface area contributed by atoms with E-state index < -0.39 is 0 Å². The summed E-state index contributed by atoms with van der Waals surface area (Å²) >= 11 is 5.83. The maximum Gasteiger partial charge on any atom is 0.234 e. The van der Waals surface area contributed by atoms with Gasteiger partial charge in [0.15, 0.2) is 0 Å². The van der Waals surface area contributed by atoms with E-state index in [0.717, 1.165) is 23.6 Å². The summed E-state index contributed by atoms with van der Waals surface area (Å²) in [4.78, 5) is 15.7. The van der Waals surface area contributed by atoms with E-state index in [1.165, 1.54) is 5.56 Å². The Morgan fingerprint density at radius 1 is 1.14 bits per heavy atom. The number of pyridine rings is 1. The van der Waals surface area contributed by atoms with Crippen LogP contribution in [0.4, 0.5) is 0 Å². The third kappa shape index (κ3) is 5.94.